The van der Waals surface area contributed by atoms with Crippen LogP contribution < -0.4 is 10.9 Å². The molecule has 0 fully saturated rings. The van der Waals surface area contributed by atoms with Gasteiger partial charge in [-0.2, -0.15) is 10.2 Å². The number of hydrogen-bond acceptors (Lipinski definition) is 5. The summed E-state index contributed by atoms with van der Waals surface area (Å²) in [6, 6.07) is 0. The normalized spacial score (nSPS) is 10.7. The lowest BCUT2D eigenvalue weighted by Crippen LogP contribution is -2.25. The fourth-order valence-corrected chi connectivity index (χ4v) is 1.97. The standard InChI is InChI=1S/C11H14BrN5O2/c1-2-16-7-8(5-13-16)15-9-6-14-17(3-4-18)11(19)10(9)12/h5-7,15,18H,2-4H2,1H3. The van der Waals surface area contributed by atoms with Crippen molar-refractivity contribution in [3.8, 4) is 0 Å². The third-order valence-electron chi connectivity index (χ3n) is 2.53. The van der Waals surface area contributed by atoms with Gasteiger partial charge < -0.3 is 10.4 Å². The lowest BCUT2D eigenvalue weighted by molar-refractivity contribution is 0.266. The third kappa shape index (κ3) is 3.02. The number of rotatable bonds is 5. The van der Waals surface area contributed by atoms with Gasteiger partial charge in [-0.05, 0) is 22.9 Å². The van der Waals surface area contributed by atoms with Crippen LogP contribution in [0.2, 0.25) is 0 Å². The van der Waals surface area contributed by atoms with Gasteiger partial charge >= 0.3 is 0 Å². The first-order chi connectivity index (χ1) is 9.15. The largest absolute Gasteiger partial charge is 0.394 e. The molecule has 0 radical (unpaired) electrons. The Bertz CT molecular complexity index is 622. The Balaban J connectivity index is 2.26. The highest BCUT2D eigenvalue weighted by Gasteiger charge is 2.09. The molecule has 19 heavy (non-hydrogen) atoms. The van der Waals surface area contributed by atoms with E-state index in [0.29, 0.717) is 10.2 Å². The second-order valence-corrected chi connectivity index (χ2v) is 4.63. The molecule has 0 saturated carbocycles. The summed E-state index contributed by atoms with van der Waals surface area (Å²) in [6.07, 6.45) is 5.05. The quantitative estimate of drug-likeness (QED) is 0.854. The van der Waals surface area contributed by atoms with E-state index in [2.05, 4.69) is 31.4 Å². The van der Waals surface area contributed by atoms with Gasteiger partial charge in [0.1, 0.15) is 4.47 Å². The first-order valence-electron chi connectivity index (χ1n) is 5.81. The van der Waals surface area contributed by atoms with Crippen LogP contribution in [0.15, 0.2) is 27.9 Å². The first-order valence-corrected chi connectivity index (χ1v) is 6.61. The number of nitrogens with zero attached hydrogens (tertiary/aromatic N) is 4. The van der Waals surface area contributed by atoms with Crippen molar-refractivity contribution >= 4 is 27.3 Å². The highest BCUT2D eigenvalue weighted by Crippen LogP contribution is 2.21. The predicted octanol–water partition coefficient (Wildman–Crippen LogP) is 0.958. The van der Waals surface area contributed by atoms with Crippen molar-refractivity contribution in [2.24, 2.45) is 0 Å². The molecule has 7 nitrogen and oxygen atoms in total. The van der Waals surface area contributed by atoms with Gasteiger partial charge in [0.15, 0.2) is 0 Å². The summed E-state index contributed by atoms with van der Waals surface area (Å²) in [4.78, 5) is 11.9. The van der Waals surface area contributed by atoms with Gasteiger partial charge in [-0.1, -0.05) is 0 Å². The first kappa shape index (κ1) is 13.8. The minimum Gasteiger partial charge on any atom is -0.394 e. The van der Waals surface area contributed by atoms with E-state index >= 15 is 0 Å². The van der Waals surface area contributed by atoms with Gasteiger partial charge in [0.2, 0.25) is 0 Å². The van der Waals surface area contributed by atoms with Crippen LogP contribution in [0.3, 0.4) is 0 Å². The highest BCUT2D eigenvalue weighted by atomic mass is 79.9. The summed E-state index contributed by atoms with van der Waals surface area (Å²) >= 11 is 3.24. The molecule has 2 aromatic rings. The van der Waals surface area contributed by atoms with E-state index in [1.807, 2.05) is 13.1 Å². The molecule has 2 heterocycles. The molecule has 102 valence electrons. The lowest BCUT2D eigenvalue weighted by atomic mass is 10.4. The molecule has 0 amide bonds. The summed E-state index contributed by atoms with van der Waals surface area (Å²) < 4.78 is 3.35. The van der Waals surface area contributed by atoms with E-state index < -0.39 is 0 Å². The zero-order valence-electron chi connectivity index (χ0n) is 10.4. The molecular weight excluding hydrogens is 314 g/mol. The van der Waals surface area contributed by atoms with Crippen LogP contribution in [0.25, 0.3) is 0 Å². The van der Waals surface area contributed by atoms with Crippen molar-refractivity contribution < 1.29 is 5.11 Å². The molecule has 8 heteroatoms. The van der Waals surface area contributed by atoms with Gasteiger partial charge in [-0.25, -0.2) is 4.68 Å². The smallest absolute Gasteiger partial charge is 0.283 e. The van der Waals surface area contributed by atoms with E-state index in [1.54, 1.807) is 10.9 Å². The molecule has 2 N–H and O–H groups in total. The molecule has 2 rings (SSSR count). The molecule has 0 atom stereocenters. The summed E-state index contributed by atoms with van der Waals surface area (Å²) in [6.45, 7) is 2.81. The van der Waals surface area contributed by atoms with Crippen LogP contribution in [0.1, 0.15) is 6.92 Å². The van der Waals surface area contributed by atoms with Crippen molar-refractivity contribution in [1.29, 1.82) is 0 Å². The van der Waals surface area contributed by atoms with E-state index in [-0.39, 0.29) is 18.7 Å². The van der Waals surface area contributed by atoms with E-state index in [1.165, 1.54) is 10.9 Å². The van der Waals surface area contributed by atoms with Crippen LogP contribution in [-0.2, 0) is 13.1 Å². The van der Waals surface area contributed by atoms with Crippen molar-refractivity contribution in [2.75, 3.05) is 11.9 Å². The number of aryl methyl sites for hydroxylation is 1. The number of hydrogen-bond donors (Lipinski definition) is 2. The Morgan fingerprint density at radius 3 is 2.84 bits per heavy atom. The summed E-state index contributed by atoms with van der Waals surface area (Å²) in [5, 5.41) is 20.0. The molecule has 0 bridgehead atoms. The average molecular weight is 328 g/mol. The Morgan fingerprint density at radius 2 is 2.21 bits per heavy atom. The van der Waals surface area contributed by atoms with Gasteiger partial charge in [-0.3, -0.25) is 9.48 Å². The van der Waals surface area contributed by atoms with Gasteiger partial charge in [-0.15, -0.1) is 0 Å². The Labute approximate surface area is 118 Å². The molecule has 0 saturated heterocycles. The van der Waals surface area contributed by atoms with Gasteiger partial charge in [0.05, 0.1) is 36.9 Å². The van der Waals surface area contributed by atoms with Gasteiger partial charge in [0.25, 0.3) is 5.56 Å². The van der Waals surface area contributed by atoms with E-state index in [4.69, 9.17) is 5.11 Å². The maximum Gasteiger partial charge on any atom is 0.283 e. The van der Waals surface area contributed by atoms with Crippen molar-refractivity contribution in [3.63, 3.8) is 0 Å². The van der Waals surface area contributed by atoms with E-state index in [9.17, 15) is 4.79 Å². The monoisotopic (exact) mass is 327 g/mol. The molecule has 0 aliphatic heterocycles. The van der Waals surface area contributed by atoms with Crippen LogP contribution >= 0.6 is 15.9 Å². The fraction of sp³-hybridized carbons (Fsp3) is 0.364. The zero-order valence-corrected chi connectivity index (χ0v) is 12.0. The minimum atomic E-state index is -0.290. The highest BCUT2D eigenvalue weighted by molar-refractivity contribution is 9.10. The number of aliphatic hydroxyl groups is 1. The number of halogens is 1. The van der Waals surface area contributed by atoms with Crippen LogP contribution in [0, 0.1) is 0 Å². The minimum absolute atomic E-state index is 0.130. The summed E-state index contributed by atoms with van der Waals surface area (Å²) in [7, 11) is 0. The average Bonchev–Trinajstić information content (AvgIpc) is 2.86. The number of aliphatic hydroxyl groups excluding tert-OH is 1. The van der Waals surface area contributed by atoms with Crippen molar-refractivity contribution in [3.05, 3.63) is 33.4 Å². The summed E-state index contributed by atoms with van der Waals surface area (Å²) in [5.41, 5.74) is 1.06. The van der Waals surface area contributed by atoms with E-state index in [0.717, 1.165) is 12.2 Å². The molecule has 0 spiro atoms. The Kier molecular flexibility index (Phi) is 4.33. The molecular formula is C11H14BrN5O2. The SMILES string of the molecule is CCn1cc(Nc2cnn(CCO)c(=O)c2Br)cn1. The fourth-order valence-electron chi connectivity index (χ4n) is 1.56. The van der Waals surface area contributed by atoms with Gasteiger partial charge in [0, 0.05) is 12.7 Å². The molecule has 0 aliphatic carbocycles. The zero-order chi connectivity index (χ0) is 13.8. The maximum absolute atomic E-state index is 11.9. The van der Waals surface area contributed by atoms with Crippen molar-refractivity contribution in [1.82, 2.24) is 19.6 Å². The molecule has 0 aliphatic rings. The second-order valence-electron chi connectivity index (χ2n) is 3.83. The predicted molar refractivity (Wildman–Crippen MR) is 74.5 cm³/mol. The lowest BCUT2D eigenvalue weighted by Gasteiger charge is -2.08. The molecule has 2 aromatic heterocycles. The molecule has 0 unspecified atom stereocenters. The Hall–Kier alpha value is -1.67. The number of aromatic nitrogens is 4. The maximum atomic E-state index is 11.9. The number of anilines is 2. The number of nitrogens with one attached hydrogen (secondary N) is 1. The van der Waals surface area contributed by atoms with Crippen molar-refractivity contribution in [2.45, 2.75) is 20.0 Å². The molecule has 0 aromatic carbocycles. The Morgan fingerprint density at radius 1 is 1.42 bits per heavy atom. The van der Waals surface area contributed by atoms with Crippen LogP contribution in [0.4, 0.5) is 11.4 Å². The summed E-state index contributed by atoms with van der Waals surface area (Å²) in [5.74, 6) is 0. The van der Waals surface area contributed by atoms with Crippen LogP contribution in [-0.4, -0.2) is 31.3 Å². The second kappa shape index (κ2) is 5.98. The topological polar surface area (TPSA) is 85.0 Å². The van der Waals surface area contributed by atoms with Crippen LogP contribution in [0.5, 0.6) is 0 Å². The third-order valence-corrected chi connectivity index (χ3v) is 3.30.